The fourth-order valence-corrected chi connectivity index (χ4v) is 5.52. The van der Waals surface area contributed by atoms with Gasteiger partial charge in [0.25, 0.3) is 0 Å². The van der Waals surface area contributed by atoms with E-state index < -0.39 is 0 Å². The number of aryl methyl sites for hydroxylation is 1. The number of aliphatic imine (C=N–C) groups is 1. The van der Waals surface area contributed by atoms with E-state index in [2.05, 4.69) is 47.9 Å². The highest BCUT2D eigenvalue weighted by atomic mass is 15.0. The topological polar surface area (TPSA) is 36.4 Å². The summed E-state index contributed by atoms with van der Waals surface area (Å²) in [6.07, 6.45) is 22.2. The summed E-state index contributed by atoms with van der Waals surface area (Å²) in [7, 11) is 0. The van der Waals surface area contributed by atoms with Gasteiger partial charge in [0.05, 0.1) is 6.04 Å². The predicted octanol–water partition coefficient (Wildman–Crippen LogP) is 6.91. The number of nitrogens with one attached hydrogen (secondary N) is 2. The van der Waals surface area contributed by atoms with Gasteiger partial charge in [-0.2, -0.15) is 0 Å². The van der Waals surface area contributed by atoms with Gasteiger partial charge in [0.2, 0.25) is 0 Å². The zero-order chi connectivity index (χ0) is 21.3. The first-order valence-electron chi connectivity index (χ1n) is 13.2. The fourth-order valence-electron chi connectivity index (χ4n) is 5.52. The minimum absolute atomic E-state index is 0.491. The van der Waals surface area contributed by atoms with Crippen molar-refractivity contribution >= 4 is 11.5 Å². The molecule has 3 fully saturated rings. The molecule has 1 aromatic rings. The summed E-state index contributed by atoms with van der Waals surface area (Å²) in [6, 6.07) is 10.7. The molecule has 0 saturated heterocycles. The Labute approximate surface area is 190 Å². The van der Waals surface area contributed by atoms with E-state index in [-0.39, 0.29) is 0 Å². The van der Waals surface area contributed by atoms with Crippen molar-refractivity contribution in [1.82, 2.24) is 10.6 Å². The Morgan fingerprint density at radius 2 is 1.23 bits per heavy atom. The van der Waals surface area contributed by atoms with Crippen LogP contribution in [0.25, 0.3) is 5.70 Å². The van der Waals surface area contributed by atoms with E-state index in [1.54, 1.807) is 0 Å². The van der Waals surface area contributed by atoms with E-state index in [0.717, 1.165) is 5.84 Å². The van der Waals surface area contributed by atoms with Crippen LogP contribution in [0.2, 0.25) is 0 Å². The first-order valence-corrected chi connectivity index (χ1v) is 13.2. The van der Waals surface area contributed by atoms with Gasteiger partial charge in [-0.15, -0.1) is 0 Å². The van der Waals surface area contributed by atoms with Crippen LogP contribution in [0.1, 0.15) is 107 Å². The summed E-state index contributed by atoms with van der Waals surface area (Å²) < 4.78 is 0. The van der Waals surface area contributed by atoms with Crippen LogP contribution in [-0.4, -0.2) is 24.0 Å². The molecular formula is C28H43N3. The van der Waals surface area contributed by atoms with Gasteiger partial charge < -0.3 is 10.6 Å². The predicted molar refractivity (Wildman–Crippen MR) is 133 cm³/mol. The van der Waals surface area contributed by atoms with Gasteiger partial charge in [-0.05, 0) is 51.0 Å². The van der Waals surface area contributed by atoms with Crippen LogP contribution in [0.5, 0.6) is 0 Å². The van der Waals surface area contributed by atoms with Crippen molar-refractivity contribution in [1.29, 1.82) is 0 Å². The van der Waals surface area contributed by atoms with Gasteiger partial charge in [0.15, 0.2) is 0 Å². The minimum atomic E-state index is 0.491. The molecule has 3 aliphatic carbocycles. The van der Waals surface area contributed by atoms with Crippen LogP contribution in [0.15, 0.2) is 35.3 Å². The van der Waals surface area contributed by atoms with Crippen molar-refractivity contribution in [2.45, 2.75) is 121 Å². The Hall–Kier alpha value is -1.77. The molecule has 1 aromatic carbocycles. The van der Waals surface area contributed by atoms with Crippen LogP contribution in [0.3, 0.4) is 0 Å². The lowest BCUT2D eigenvalue weighted by Gasteiger charge is -2.28. The number of rotatable bonds is 6. The number of nitrogens with zero attached hydrogens (tertiary/aromatic N) is 1. The molecule has 0 atom stereocenters. The molecule has 0 unspecified atom stereocenters. The minimum Gasteiger partial charge on any atom is -0.382 e. The van der Waals surface area contributed by atoms with Crippen molar-refractivity contribution < 1.29 is 0 Å². The Morgan fingerprint density at radius 1 is 0.710 bits per heavy atom. The van der Waals surface area contributed by atoms with Crippen molar-refractivity contribution in [3.63, 3.8) is 0 Å². The van der Waals surface area contributed by atoms with E-state index in [9.17, 15) is 0 Å². The molecule has 0 aliphatic heterocycles. The molecule has 4 rings (SSSR count). The molecule has 3 nitrogen and oxygen atoms in total. The zero-order valence-corrected chi connectivity index (χ0v) is 19.7. The maximum Gasteiger partial charge on any atom is 0.123 e. The van der Waals surface area contributed by atoms with E-state index >= 15 is 0 Å². The Bertz CT molecular complexity index is 715. The molecule has 0 bridgehead atoms. The first kappa shape index (κ1) is 22.4. The first-order chi connectivity index (χ1) is 15.3. The molecule has 0 radical (unpaired) electrons. The van der Waals surface area contributed by atoms with Crippen molar-refractivity contribution in [3.8, 4) is 0 Å². The Balaban J connectivity index is 1.60. The summed E-state index contributed by atoms with van der Waals surface area (Å²) in [6.45, 7) is 2.17. The fraction of sp³-hybridized carbons (Fsp3) is 0.679. The van der Waals surface area contributed by atoms with Gasteiger partial charge >= 0.3 is 0 Å². The molecule has 31 heavy (non-hydrogen) atoms. The molecule has 2 N–H and O–H groups in total. The molecule has 3 aliphatic rings. The molecule has 0 aromatic heterocycles. The summed E-state index contributed by atoms with van der Waals surface area (Å²) in [5.41, 5.74) is 3.86. The quantitative estimate of drug-likeness (QED) is 0.387. The second-order valence-electron chi connectivity index (χ2n) is 10.2. The van der Waals surface area contributed by atoms with Gasteiger partial charge in [-0.3, -0.25) is 4.99 Å². The van der Waals surface area contributed by atoms with Gasteiger partial charge in [0, 0.05) is 23.9 Å². The second kappa shape index (κ2) is 11.7. The molecule has 170 valence electrons. The zero-order valence-electron chi connectivity index (χ0n) is 19.7. The number of amidine groups is 1. The van der Waals surface area contributed by atoms with Crippen LogP contribution in [0, 0.1) is 6.92 Å². The molecule has 0 heterocycles. The van der Waals surface area contributed by atoms with Crippen LogP contribution in [0.4, 0.5) is 0 Å². The average molecular weight is 422 g/mol. The molecule has 0 amide bonds. The van der Waals surface area contributed by atoms with Gasteiger partial charge in [-0.1, -0.05) is 87.6 Å². The van der Waals surface area contributed by atoms with E-state index in [1.807, 2.05) is 0 Å². The third-order valence-electron chi connectivity index (χ3n) is 7.46. The smallest absolute Gasteiger partial charge is 0.123 e. The summed E-state index contributed by atoms with van der Waals surface area (Å²) in [4.78, 5) is 5.29. The van der Waals surface area contributed by atoms with E-state index in [4.69, 9.17) is 4.99 Å². The lowest BCUT2D eigenvalue weighted by molar-refractivity contribution is 0.407. The lowest BCUT2D eigenvalue weighted by Crippen LogP contribution is -2.37. The average Bonchev–Trinajstić information content (AvgIpc) is 2.81. The van der Waals surface area contributed by atoms with Crippen molar-refractivity contribution in [3.05, 3.63) is 41.5 Å². The Kier molecular flexibility index (Phi) is 8.49. The molecule has 3 heteroatoms. The summed E-state index contributed by atoms with van der Waals surface area (Å²) in [5.74, 6) is 1.12. The van der Waals surface area contributed by atoms with Crippen molar-refractivity contribution in [2.24, 2.45) is 4.99 Å². The summed E-state index contributed by atoms with van der Waals surface area (Å²) >= 11 is 0. The third-order valence-corrected chi connectivity index (χ3v) is 7.46. The standard InChI is InChI=1S/C28H43N3/c1-22-17-19-23(20-18-22)27(29-24-11-5-2-6-12-24)21-28(30-25-13-7-3-8-14-25)31-26-15-9-4-10-16-26/h17-21,24-26,29H,2-16H2,1H3,(H,30,31)/b27-21-. The van der Waals surface area contributed by atoms with Gasteiger partial charge in [-0.25, -0.2) is 0 Å². The molecule has 3 saturated carbocycles. The number of hydrogen-bond acceptors (Lipinski definition) is 2. The van der Waals surface area contributed by atoms with Crippen LogP contribution >= 0.6 is 0 Å². The monoisotopic (exact) mass is 421 g/mol. The normalized spacial score (nSPS) is 23.0. The highest BCUT2D eigenvalue weighted by molar-refractivity contribution is 5.99. The largest absolute Gasteiger partial charge is 0.382 e. The maximum absolute atomic E-state index is 5.29. The van der Waals surface area contributed by atoms with Crippen molar-refractivity contribution in [2.75, 3.05) is 0 Å². The third kappa shape index (κ3) is 7.12. The van der Waals surface area contributed by atoms with Crippen LogP contribution in [-0.2, 0) is 0 Å². The number of benzene rings is 1. The van der Waals surface area contributed by atoms with E-state index in [1.165, 1.54) is 113 Å². The summed E-state index contributed by atoms with van der Waals surface area (Å²) in [5, 5.41) is 7.82. The maximum atomic E-state index is 5.29. The molecule has 0 spiro atoms. The molecular weight excluding hydrogens is 378 g/mol. The van der Waals surface area contributed by atoms with Crippen LogP contribution < -0.4 is 10.6 Å². The highest BCUT2D eigenvalue weighted by Crippen LogP contribution is 2.24. The Morgan fingerprint density at radius 3 is 1.81 bits per heavy atom. The second-order valence-corrected chi connectivity index (χ2v) is 10.2. The SMILES string of the molecule is Cc1ccc(/C(=C/C(=NC2CCCCC2)NC2CCCCC2)NC2CCCCC2)cc1. The lowest BCUT2D eigenvalue weighted by atomic mass is 9.94. The highest BCUT2D eigenvalue weighted by Gasteiger charge is 2.19. The van der Waals surface area contributed by atoms with E-state index in [0.29, 0.717) is 18.1 Å². The van der Waals surface area contributed by atoms with Gasteiger partial charge in [0.1, 0.15) is 5.84 Å². The number of hydrogen-bond donors (Lipinski definition) is 2.